The van der Waals surface area contributed by atoms with E-state index < -0.39 is 7.95 Å². The maximum atomic E-state index is 5.73. The van der Waals surface area contributed by atoms with Crippen LogP contribution in [0.1, 0.15) is 46.4 Å². The van der Waals surface area contributed by atoms with Crippen molar-refractivity contribution in [3.8, 4) is 0 Å². The Bertz CT molecular complexity index is 388. The van der Waals surface area contributed by atoms with Gasteiger partial charge in [-0.1, -0.05) is 17.7 Å². The van der Waals surface area contributed by atoms with E-state index in [0.717, 1.165) is 25.2 Å². The highest BCUT2D eigenvalue weighted by atomic mass is 33.7. The van der Waals surface area contributed by atoms with E-state index in [2.05, 4.69) is 16.9 Å². The summed E-state index contributed by atoms with van der Waals surface area (Å²) in [4.78, 5) is 7.05. The van der Waals surface area contributed by atoms with Crippen LogP contribution in [0.3, 0.4) is 0 Å². The summed E-state index contributed by atoms with van der Waals surface area (Å²) in [5.74, 6) is 2.20. The third-order valence-corrected chi connectivity index (χ3v) is 15.5. The molecule has 0 saturated carbocycles. The molecule has 11 heteroatoms. The first-order chi connectivity index (χ1) is 12.7. The van der Waals surface area contributed by atoms with Crippen LogP contribution in [0.5, 0.6) is 0 Å². The van der Waals surface area contributed by atoms with E-state index in [4.69, 9.17) is 19.0 Å². The molecule has 0 aromatic carbocycles. The van der Waals surface area contributed by atoms with E-state index in [-0.39, 0.29) is 0 Å². The Labute approximate surface area is 174 Å². The second-order valence-electron chi connectivity index (χ2n) is 4.77. The Morgan fingerprint density at radius 1 is 1.08 bits per heavy atom. The Morgan fingerprint density at radius 2 is 1.73 bits per heavy atom. The number of rotatable bonds is 15. The standard InChI is InChI=1S/C9H22O3S4Si.C6H11N3/c1-5-9-13-14-15-16-17(10-6-2,11-7-3)12-8-4;7-3-1-2-6-8-4-5-9-6/h5-9H2,1-4H3;4-5H,1-3,7H2,(H,8,9). The van der Waals surface area contributed by atoms with Gasteiger partial charge in [0.1, 0.15) is 5.82 Å². The molecule has 26 heavy (non-hydrogen) atoms. The minimum atomic E-state index is -2.51. The molecule has 0 atom stereocenters. The van der Waals surface area contributed by atoms with Gasteiger partial charge in [-0.25, -0.2) is 4.98 Å². The summed E-state index contributed by atoms with van der Waals surface area (Å²) in [7, 11) is 4.45. The van der Waals surface area contributed by atoms with Gasteiger partial charge in [-0.2, -0.15) is 0 Å². The molecular weight excluding hydrogens is 427 g/mol. The largest absolute Gasteiger partial charge is 0.585 e. The molecule has 1 heterocycles. The van der Waals surface area contributed by atoms with E-state index in [0.29, 0.717) is 19.8 Å². The smallest absolute Gasteiger partial charge is 0.365 e. The molecule has 154 valence electrons. The fourth-order valence-corrected chi connectivity index (χ4v) is 15.7. The van der Waals surface area contributed by atoms with Crippen molar-refractivity contribution in [3.63, 3.8) is 0 Å². The normalized spacial score (nSPS) is 11.3. The zero-order valence-corrected chi connectivity index (χ0v) is 20.5. The number of aryl methyl sites for hydroxylation is 1. The first kappa shape index (κ1) is 26.7. The molecule has 1 rings (SSSR count). The van der Waals surface area contributed by atoms with Crippen molar-refractivity contribution in [2.75, 3.05) is 32.1 Å². The van der Waals surface area contributed by atoms with Gasteiger partial charge in [0, 0.05) is 44.4 Å². The van der Waals surface area contributed by atoms with Crippen LogP contribution in [0.15, 0.2) is 12.4 Å². The average Bonchev–Trinajstić information content (AvgIpc) is 3.14. The maximum Gasteiger partial charge on any atom is 0.585 e. The Kier molecular flexibility index (Phi) is 19.5. The fraction of sp³-hybridized carbons (Fsp3) is 0.800. The highest BCUT2D eigenvalue weighted by Crippen LogP contribution is 2.48. The third-order valence-electron chi connectivity index (χ3n) is 2.64. The lowest BCUT2D eigenvalue weighted by Crippen LogP contribution is -2.42. The zero-order chi connectivity index (χ0) is 19.5. The molecule has 0 bridgehead atoms. The van der Waals surface area contributed by atoms with Gasteiger partial charge in [0.25, 0.3) is 0 Å². The molecule has 0 saturated heterocycles. The number of nitrogens with zero attached hydrogens (tertiary/aromatic N) is 1. The minimum Gasteiger partial charge on any atom is -0.365 e. The van der Waals surface area contributed by atoms with Gasteiger partial charge >= 0.3 is 7.95 Å². The van der Waals surface area contributed by atoms with Crippen LogP contribution >= 0.6 is 40.7 Å². The van der Waals surface area contributed by atoms with E-state index in [1.807, 2.05) is 37.8 Å². The monoisotopic (exact) mass is 459 g/mol. The number of hydrogen-bond donors (Lipinski definition) is 2. The average molecular weight is 460 g/mol. The van der Waals surface area contributed by atoms with Crippen molar-refractivity contribution in [2.24, 2.45) is 5.73 Å². The Morgan fingerprint density at radius 3 is 2.19 bits per heavy atom. The van der Waals surface area contributed by atoms with Gasteiger partial charge < -0.3 is 24.0 Å². The molecule has 0 unspecified atom stereocenters. The number of nitrogens with two attached hydrogens (primary N) is 1. The van der Waals surface area contributed by atoms with Gasteiger partial charge in [0.2, 0.25) is 0 Å². The Hall–Kier alpha value is 0.667. The minimum absolute atomic E-state index is 0.631. The topological polar surface area (TPSA) is 82.4 Å². The molecule has 6 nitrogen and oxygen atoms in total. The highest BCUT2D eigenvalue weighted by molar-refractivity contribution is 9.28. The van der Waals surface area contributed by atoms with E-state index in [9.17, 15) is 0 Å². The number of aromatic amines is 1. The molecule has 0 aliphatic heterocycles. The van der Waals surface area contributed by atoms with Crippen molar-refractivity contribution in [1.29, 1.82) is 0 Å². The lowest BCUT2D eigenvalue weighted by atomic mass is 10.3. The van der Waals surface area contributed by atoms with Gasteiger partial charge in [-0.15, -0.1) is 0 Å². The van der Waals surface area contributed by atoms with Crippen LogP contribution < -0.4 is 5.73 Å². The predicted molar refractivity (Wildman–Crippen MR) is 122 cm³/mol. The number of nitrogens with one attached hydrogen (secondary N) is 1. The summed E-state index contributed by atoms with van der Waals surface area (Å²) in [6.45, 7) is 10.7. The fourth-order valence-electron chi connectivity index (χ4n) is 1.62. The maximum absolute atomic E-state index is 5.73. The molecule has 0 spiro atoms. The number of aromatic nitrogens is 2. The van der Waals surface area contributed by atoms with Crippen molar-refractivity contribution in [2.45, 2.75) is 47.0 Å². The predicted octanol–water partition coefficient (Wildman–Crippen LogP) is 4.92. The SMILES string of the molecule is CCCSSSS[Si](OCC)(OCC)OCC.NCCCc1ncc[nH]1. The molecule has 1 aromatic rings. The Balaban J connectivity index is 0.000000577. The second kappa shape index (κ2) is 19.0. The van der Waals surface area contributed by atoms with Crippen LogP contribution in [0.25, 0.3) is 0 Å². The first-order valence-electron chi connectivity index (χ1n) is 8.92. The summed E-state index contributed by atoms with van der Waals surface area (Å²) in [6.07, 6.45) is 6.75. The molecule has 0 radical (unpaired) electrons. The van der Waals surface area contributed by atoms with Crippen LogP contribution in [-0.2, 0) is 19.7 Å². The van der Waals surface area contributed by atoms with Crippen molar-refractivity contribution < 1.29 is 13.3 Å². The highest BCUT2D eigenvalue weighted by Gasteiger charge is 2.43. The molecule has 0 aliphatic carbocycles. The lowest BCUT2D eigenvalue weighted by Gasteiger charge is -2.25. The molecule has 0 fully saturated rings. The zero-order valence-electron chi connectivity index (χ0n) is 16.2. The molecule has 0 amide bonds. The molecular formula is C15H33N3O3S4Si. The molecule has 3 N–H and O–H groups in total. The molecule has 0 aliphatic rings. The van der Waals surface area contributed by atoms with E-state index in [1.165, 1.54) is 12.2 Å². The van der Waals surface area contributed by atoms with Crippen molar-refractivity contribution in [1.82, 2.24) is 9.97 Å². The summed E-state index contributed by atoms with van der Waals surface area (Å²) in [5, 5.41) is 0. The summed E-state index contributed by atoms with van der Waals surface area (Å²) < 4.78 is 17.2. The first-order valence-corrected chi connectivity index (χ1v) is 16.4. The van der Waals surface area contributed by atoms with E-state index >= 15 is 0 Å². The van der Waals surface area contributed by atoms with Gasteiger partial charge in [0.15, 0.2) is 0 Å². The van der Waals surface area contributed by atoms with Gasteiger partial charge in [0.05, 0.1) is 0 Å². The number of hydrogen-bond acceptors (Lipinski definition) is 9. The van der Waals surface area contributed by atoms with Crippen LogP contribution in [0.2, 0.25) is 0 Å². The molecule has 1 aromatic heterocycles. The quantitative estimate of drug-likeness (QED) is 0.216. The second-order valence-corrected chi connectivity index (χ2v) is 15.2. The summed E-state index contributed by atoms with van der Waals surface area (Å²) >= 11 is 0. The van der Waals surface area contributed by atoms with Crippen molar-refractivity contribution in [3.05, 3.63) is 18.2 Å². The van der Waals surface area contributed by atoms with Gasteiger partial charge in [-0.3, -0.25) is 0 Å². The van der Waals surface area contributed by atoms with Crippen LogP contribution in [-0.4, -0.2) is 50.0 Å². The number of H-pyrrole nitrogens is 1. The van der Waals surface area contributed by atoms with Crippen molar-refractivity contribution >= 4 is 48.6 Å². The van der Waals surface area contributed by atoms with E-state index in [1.54, 1.807) is 36.1 Å². The van der Waals surface area contributed by atoms with Crippen LogP contribution in [0, 0.1) is 0 Å². The summed E-state index contributed by atoms with van der Waals surface area (Å²) in [5.41, 5.74) is 5.30. The summed E-state index contributed by atoms with van der Waals surface area (Å²) in [6, 6.07) is 0. The van der Waals surface area contributed by atoms with Crippen LogP contribution in [0.4, 0.5) is 0 Å². The number of imidazole rings is 1. The third kappa shape index (κ3) is 13.8. The van der Waals surface area contributed by atoms with Gasteiger partial charge in [-0.05, 0) is 70.1 Å². The lowest BCUT2D eigenvalue weighted by molar-refractivity contribution is 0.0971.